The van der Waals surface area contributed by atoms with Gasteiger partial charge in [0.05, 0.1) is 11.0 Å². The summed E-state index contributed by atoms with van der Waals surface area (Å²) < 4.78 is 104. The number of carbonyl (C=O) groups excluding carboxylic acids is 1. The summed E-state index contributed by atoms with van der Waals surface area (Å²) in [5.74, 6) is -0.857. The minimum Gasteiger partial charge on any atom is -0.489 e. The van der Waals surface area contributed by atoms with E-state index in [9.17, 15) is 31.1 Å². The van der Waals surface area contributed by atoms with Crippen LogP contribution < -0.4 is 16.2 Å². The Labute approximate surface area is 277 Å². The molecule has 1 aliphatic carbocycles. The van der Waals surface area contributed by atoms with Crippen LogP contribution in [0, 0.1) is 10.8 Å². The molecule has 266 valence electrons. The molecule has 3 aromatic rings. The number of benzene rings is 2. The summed E-state index contributed by atoms with van der Waals surface area (Å²) in [7, 11) is 0. The van der Waals surface area contributed by atoms with Crippen LogP contribution in [-0.2, 0) is 22.1 Å². The lowest BCUT2D eigenvalue weighted by atomic mass is 9.78. The third kappa shape index (κ3) is 7.96. The average Bonchev–Trinajstić information content (AvgIpc) is 3.53. The smallest absolute Gasteiger partial charge is 0.417 e. The fourth-order valence-electron chi connectivity index (χ4n) is 6.25. The van der Waals surface area contributed by atoms with Gasteiger partial charge in [0.25, 0.3) is 0 Å². The third-order valence-electron chi connectivity index (χ3n) is 9.58. The van der Waals surface area contributed by atoms with E-state index in [-0.39, 0.29) is 41.9 Å². The Morgan fingerprint density at radius 3 is 2.25 bits per heavy atom. The fraction of sp³-hybridized carbons (Fsp3) is 0.583. The van der Waals surface area contributed by atoms with Crippen LogP contribution in [0.1, 0.15) is 91.2 Å². The number of hydrogen-bond acceptors (Lipinski definition) is 6. The van der Waals surface area contributed by atoms with Gasteiger partial charge >= 0.3 is 18.3 Å². The van der Waals surface area contributed by atoms with Crippen molar-refractivity contribution in [3.8, 4) is 17.1 Å². The maximum Gasteiger partial charge on any atom is 0.417 e. The number of halogens is 6. The zero-order valence-electron chi connectivity index (χ0n) is 28.3. The number of ether oxygens (including phenoxy) is 2. The van der Waals surface area contributed by atoms with E-state index in [0.29, 0.717) is 17.4 Å². The van der Waals surface area contributed by atoms with Crippen molar-refractivity contribution in [2.24, 2.45) is 22.3 Å². The number of hydrogen-bond donors (Lipinski definition) is 2. The number of fused-ring (bicyclic) bond motifs is 1. The van der Waals surface area contributed by atoms with Gasteiger partial charge in [0.1, 0.15) is 34.7 Å². The lowest BCUT2D eigenvalue weighted by Gasteiger charge is -2.40. The summed E-state index contributed by atoms with van der Waals surface area (Å²) in [6.45, 7) is 9.50. The summed E-state index contributed by atoms with van der Waals surface area (Å²) in [4.78, 5) is 13.2. The molecule has 1 aromatic heterocycles. The van der Waals surface area contributed by atoms with E-state index in [0.717, 1.165) is 32.3 Å². The number of carbonyl (C=O) groups is 1. The molecule has 6 nitrogen and oxygen atoms in total. The minimum atomic E-state index is -4.82. The zero-order valence-corrected chi connectivity index (χ0v) is 28.3. The number of furan rings is 1. The Bertz CT molecular complexity index is 1590. The summed E-state index contributed by atoms with van der Waals surface area (Å²) >= 11 is 0. The van der Waals surface area contributed by atoms with Gasteiger partial charge in [-0.2, -0.15) is 26.3 Å². The van der Waals surface area contributed by atoms with Gasteiger partial charge in [-0.05, 0) is 96.6 Å². The summed E-state index contributed by atoms with van der Waals surface area (Å²) in [5.41, 5.74) is 7.47. The molecule has 0 amide bonds. The topological polar surface area (TPSA) is 101 Å². The van der Waals surface area contributed by atoms with Crippen LogP contribution in [0.15, 0.2) is 46.9 Å². The molecule has 4 unspecified atom stereocenters. The highest BCUT2D eigenvalue weighted by atomic mass is 19.4. The molecular formula is C36H46F6N2O4. The Balaban J connectivity index is 1.58. The zero-order chi connectivity index (χ0) is 35.9. The first kappa shape index (κ1) is 37.6. The molecule has 1 heterocycles. The number of unbranched alkanes of at least 4 members (excludes halogenated alkanes) is 2. The van der Waals surface area contributed by atoms with Crippen molar-refractivity contribution in [1.29, 1.82) is 0 Å². The van der Waals surface area contributed by atoms with Gasteiger partial charge in [-0.3, -0.25) is 4.79 Å². The Hall–Kier alpha value is -3.25. The molecule has 0 spiro atoms. The highest BCUT2D eigenvalue weighted by Gasteiger charge is 2.66. The molecule has 1 saturated carbocycles. The first-order valence-electron chi connectivity index (χ1n) is 16.3. The van der Waals surface area contributed by atoms with Crippen molar-refractivity contribution < 1.29 is 45.0 Å². The average molecular weight is 685 g/mol. The summed E-state index contributed by atoms with van der Waals surface area (Å²) in [6, 6.07) is 9.19. The first-order valence-corrected chi connectivity index (χ1v) is 16.3. The predicted octanol–water partition coefficient (Wildman–Crippen LogP) is 9.35. The number of alkyl halides is 6. The molecule has 2 aromatic carbocycles. The van der Waals surface area contributed by atoms with E-state index < -0.39 is 58.5 Å². The van der Waals surface area contributed by atoms with E-state index in [1.54, 1.807) is 19.9 Å². The standard InChI is InChI=1S/C36H46F6N2O4/c1-7-8-9-10-21-11-14-24(25(17-21)35(37,38)39)27-18-22-12-13-23(19-26(22)47-27)46-29-15-16-30(34(29,6)36(40,41)42)48-31(45)33(4,5)28(43)20-32(2,3)44/h11-14,17-19,28-30H,7-10,15-16,20,43-44H2,1-6H3. The highest BCUT2D eigenvalue weighted by Crippen LogP contribution is 2.53. The molecule has 0 saturated heterocycles. The van der Waals surface area contributed by atoms with Crippen LogP contribution >= 0.6 is 0 Å². The van der Waals surface area contributed by atoms with Crippen LogP contribution in [0.5, 0.6) is 5.75 Å². The quantitative estimate of drug-likeness (QED) is 0.112. The minimum absolute atomic E-state index is 0.0265. The number of aryl methyl sites for hydroxylation is 1. The van der Waals surface area contributed by atoms with Crippen molar-refractivity contribution in [3.05, 3.63) is 53.6 Å². The molecule has 4 N–H and O–H groups in total. The molecule has 1 aliphatic rings. The van der Waals surface area contributed by atoms with E-state index in [1.807, 2.05) is 6.92 Å². The predicted molar refractivity (Wildman–Crippen MR) is 172 cm³/mol. The first-order chi connectivity index (χ1) is 22.1. The van der Waals surface area contributed by atoms with Gasteiger partial charge in [0, 0.05) is 28.6 Å². The maximum absolute atomic E-state index is 14.7. The molecule has 12 heteroatoms. The molecule has 0 radical (unpaired) electrons. The summed E-state index contributed by atoms with van der Waals surface area (Å²) in [6.07, 6.45) is -9.21. The third-order valence-corrected chi connectivity index (χ3v) is 9.58. The largest absolute Gasteiger partial charge is 0.489 e. The van der Waals surface area contributed by atoms with Crippen LogP contribution in [0.25, 0.3) is 22.3 Å². The van der Waals surface area contributed by atoms with E-state index in [1.165, 1.54) is 44.2 Å². The van der Waals surface area contributed by atoms with Crippen molar-refractivity contribution >= 4 is 16.9 Å². The fourth-order valence-corrected chi connectivity index (χ4v) is 6.25. The van der Waals surface area contributed by atoms with Gasteiger partial charge in [-0.25, -0.2) is 0 Å². The molecule has 4 rings (SSSR count). The molecule has 1 fully saturated rings. The van der Waals surface area contributed by atoms with E-state index in [4.69, 9.17) is 25.4 Å². The molecule has 4 atom stereocenters. The van der Waals surface area contributed by atoms with Crippen molar-refractivity contribution in [2.45, 2.75) is 123 Å². The van der Waals surface area contributed by atoms with Gasteiger partial charge in [-0.15, -0.1) is 0 Å². The second kappa shape index (κ2) is 13.6. The van der Waals surface area contributed by atoms with Gasteiger partial charge < -0.3 is 25.4 Å². The van der Waals surface area contributed by atoms with E-state index >= 15 is 0 Å². The SMILES string of the molecule is CCCCCc1ccc(-c2cc3ccc(OC4CCC(OC(=O)C(C)(C)C(N)CC(C)(C)N)C4(C)C(F)(F)F)cc3o2)c(C(F)(F)F)c1. The monoisotopic (exact) mass is 684 g/mol. The van der Waals surface area contributed by atoms with Crippen molar-refractivity contribution in [3.63, 3.8) is 0 Å². The number of rotatable bonds is 12. The number of esters is 1. The summed E-state index contributed by atoms with van der Waals surface area (Å²) in [5, 5.41) is 0.452. The van der Waals surface area contributed by atoms with Crippen LogP contribution in [0.4, 0.5) is 26.3 Å². The second-order valence-corrected chi connectivity index (χ2v) is 14.5. The van der Waals surface area contributed by atoms with Gasteiger partial charge in [0.2, 0.25) is 0 Å². The lowest BCUT2D eigenvalue weighted by molar-refractivity contribution is -0.265. The Kier molecular flexibility index (Phi) is 10.6. The molecular weight excluding hydrogens is 638 g/mol. The lowest BCUT2D eigenvalue weighted by Crippen LogP contribution is -2.54. The Morgan fingerprint density at radius 1 is 0.979 bits per heavy atom. The van der Waals surface area contributed by atoms with Crippen LogP contribution in [-0.4, -0.2) is 35.9 Å². The Morgan fingerprint density at radius 2 is 1.65 bits per heavy atom. The second-order valence-electron chi connectivity index (χ2n) is 14.5. The molecule has 0 aliphatic heterocycles. The highest BCUT2D eigenvalue weighted by molar-refractivity contribution is 5.84. The van der Waals surface area contributed by atoms with Gasteiger partial charge in [0.15, 0.2) is 0 Å². The molecule has 0 bridgehead atoms. The van der Waals surface area contributed by atoms with Crippen LogP contribution in [0.2, 0.25) is 0 Å². The van der Waals surface area contributed by atoms with Crippen LogP contribution in [0.3, 0.4) is 0 Å². The number of nitrogens with two attached hydrogens (primary N) is 2. The van der Waals surface area contributed by atoms with Gasteiger partial charge in [-0.1, -0.05) is 31.9 Å². The van der Waals surface area contributed by atoms with Crippen molar-refractivity contribution in [1.82, 2.24) is 0 Å². The van der Waals surface area contributed by atoms with Crippen molar-refractivity contribution in [2.75, 3.05) is 0 Å². The normalized spacial score (nSPS) is 21.5. The van der Waals surface area contributed by atoms with E-state index in [2.05, 4.69) is 0 Å². The maximum atomic E-state index is 14.7. The molecule has 48 heavy (non-hydrogen) atoms.